The molecule has 12 heavy (non-hydrogen) atoms. The van der Waals surface area contributed by atoms with Crippen molar-refractivity contribution in [2.75, 3.05) is 0 Å². The van der Waals surface area contributed by atoms with Crippen LogP contribution in [0.4, 0.5) is 0 Å². The summed E-state index contributed by atoms with van der Waals surface area (Å²) in [5.41, 5.74) is 0. The van der Waals surface area contributed by atoms with Crippen molar-refractivity contribution >= 4 is 0 Å². The average Bonchev–Trinajstić information content (AvgIpc) is 2.05. The van der Waals surface area contributed by atoms with Crippen LogP contribution in [0.5, 0.6) is 5.75 Å². The lowest BCUT2D eigenvalue weighted by atomic mass is 10.2. The average molecular weight is 161 g/mol. The monoisotopic (exact) mass is 161 g/mol. The van der Waals surface area contributed by atoms with E-state index in [1.807, 2.05) is 30.3 Å². The predicted octanol–water partition coefficient (Wildman–Crippen LogP) is 3.04. The van der Waals surface area contributed by atoms with Gasteiger partial charge < -0.3 is 4.74 Å². The van der Waals surface area contributed by atoms with Gasteiger partial charge in [0.15, 0.2) is 0 Å². The number of ether oxygens (including phenoxy) is 1. The van der Waals surface area contributed by atoms with Crippen LogP contribution in [-0.2, 0) is 0 Å². The number of hydrogen-bond acceptors (Lipinski definition) is 1. The maximum atomic E-state index is 5.30. The van der Waals surface area contributed by atoms with E-state index in [2.05, 4.69) is 19.9 Å². The van der Waals surface area contributed by atoms with Crippen LogP contribution in [-0.4, -0.2) is 0 Å². The molecule has 0 bridgehead atoms. The summed E-state index contributed by atoms with van der Waals surface area (Å²) in [4.78, 5) is 0. The van der Waals surface area contributed by atoms with Crippen LogP contribution in [0.15, 0.2) is 36.6 Å². The molecule has 0 aromatic heterocycles. The fourth-order valence-electron chi connectivity index (χ4n) is 0.725. The van der Waals surface area contributed by atoms with Crippen molar-refractivity contribution in [2.45, 2.75) is 13.8 Å². The molecule has 0 amide bonds. The van der Waals surface area contributed by atoms with Crippen LogP contribution < -0.4 is 4.74 Å². The van der Waals surface area contributed by atoms with Crippen LogP contribution in [0, 0.1) is 12.0 Å². The van der Waals surface area contributed by atoms with E-state index in [0.717, 1.165) is 5.75 Å². The Labute approximate surface area is 73.7 Å². The third-order valence-electron chi connectivity index (χ3n) is 1.35. The van der Waals surface area contributed by atoms with Gasteiger partial charge in [-0.15, -0.1) is 0 Å². The van der Waals surface area contributed by atoms with Gasteiger partial charge in [0, 0.05) is 0 Å². The summed E-state index contributed by atoms with van der Waals surface area (Å²) in [6.07, 6.45) is 3.72. The highest BCUT2D eigenvalue weighted by Crippen LogP contribution is 2.08. The van der Waals surface area contributed by atoms with Crippen LogP contribution in [0.3, 0.4) is 0 Å². The molecule has 0 spiro atoms. The van der Waals surface area contributed by atoms with E-state index in [1.165, 1.54) is 0 Å². The molecule has 1 nitrogen and oxygen atoms in total. The Kier molecular flexibility index (Phi) is 3.39. The van der Waals surface area contributed by atoms with E-state index in [1.54, 1.807) is 6.26 Å². The van der Waals surface area contributed by atoms with Gasteiger partial charge in [0.2, 0.25) is 0 Å². The summed E-state index contributed by atoms with van der Waals surface area (Å²) in [7, 11) is 0. The second-order valence-electron chi connectivity index (χ2n) is 2.93. The topological polar surface area (TPSA) is 9.23 Å². The van der Waals surface area contributed by atoms with Gasteiger partial charge in [-0.05, 0) is 30.2 Å². The minimum atomic E-state index is 0.526. The quantitative estimate of drug-likeness (QED) is 0.619. The fraction of sp³-hybridized carbons (Fsp3) is 0.273. The number of allylic oxidation sites excluding steroid dienone is 1. The minimum absolute atomic E-state index is 0.526. The number of rotatable bonds is 3. The molecule has 0 N–H and O–H groups in total. The second-order valence-corrected chi connectivity index (χ2v) is 2.93. The lowest BCUT2D eigenvalue weighted by Gasteiger charge is -1.98. The Balaban J connectivity index is 2.43. The maximum Gasteiger partial charge on any atom is 0.127 e. The van der Waals surface area contributed by atoms with Crippen LogP contribution >= 0.6 is 0 Å². The molecular formula is C11H13O. The van der Waals surface area contributed by atoms with Gasteiger partial charge >= 0.3 is 0 Å². The summed E-state index contributed by atoms with van der Waals surface area (Å²) in [6, 6.07) is 10.4. The van der Waals surface area contributed by atoms with Crippen molar-refractivity contribution in [3.63, 3.8) is 0 Å². The third-order valence-corrected chi connectivity index (χ3v) is 1.35. The summed E-state index contributed by atoms with van der Waals surface area (Å²) < 4.78 is 5.30. The summed E-state index contributed by atoms with van der Waals surface area (Å²) in [6.45, 7) is 4.22. The third kappa shape index (κ3) is 3.24. The van der Waals surface area contributed by atoms with E-state index in [-0.39, 0.29) is 0 Å². The van der Waals surface area contributed by atoms with Crippen molar-refractivity contribution in [1.82, 2.24) is 0 Å². The molecule has 1 aromatic rings. The van der Waals surface area contributed by atoms with E-state index >= 15 is 0 Å². The van der Waals surface area contributed by atoms with Crippen LogP contribution in [0.2, 0.25) is 0 Å². The van der Waals surface area contributed by atoms with Crippen molar-refractivity contribution in [2.24, 2.45) is 5.92 Å². The first-order valence-electron chi connectivity index (χ1n) is 4.08. The first-order valence-corrected chi connectivity index (χ1v) is 4.08. The Morgan fingerprint density at radius 2 is 2.33 bits per heavy atom. The Bertz CT molecular complexity index is 236. The van der Waals surface area contributed by atoms with E-state index in [0.29, 0.717) is 5.92 Å². The van der Waals surface area contributed by atoms with Gasteiger partial charge in [0.25, 0.3) is 0 Å². The Morgan fingerprint density at radius 3 is 2.92 bits per heavy atom. The number of benzene rings is 1. The first kappa shape index (κ1) is 8.85. The molecule has 0 unspecified atom stereocenters. The van der Waals surface area contributed by atoms with Gasteiger partial charge in [-0.25, -0.2) is 0 Å². The molecule has 0 aliphatic carbocycles. The molecule has 0 heterocycles. The predicted molar refractivity (Wildman–Crippen MR) is 49.9 cm³/mol. The first-order chi connectivity index (χ1) is 5.79. The van der Waals surface area contributed by atoms with Crippen molar-refractivity contribution in [3.05, 3.63) is 42.7 Å². The van der Waals surface area contributed by atoms with Crippen molar-refractivity contribution in [1.29, 1.82) is 0 Å². The second kappa shape index (κ2) is 4.60. The van der Waals surface area contributed by atoms with Crippen LogP contribution in [0.25, 0.3) is 0 Å². The smallest absolute Gasteiger partial charge is 0.127 e. The highest BCUT2D eigenvalue weighted by Gasteiger charge is 1.87. The van der Waals surface area contributed by atoms with Gasteiger partial charge in [-0.3, -0.25) is 0 Å². The molecule has 63 valence electrons. The van der Waals surface area contributed by atoms with Crippen molar-refractivity contribution < 1.29 is 4.74 Å². The molecule has 0 aliphatic rings. The minimum Gasteiger partial charge on any atom is -0.465 e. The maximum absolute atomic E-state index is 5.30. The highest BCUT2D eigenvalue weighted by molar-refractivity contribution is 5.20. The molecule has 0 saturated carbocycles. The molecular weight excluding hydrogens is 148 g/mol. The molecule has 1 aromatic carbocycles. The zero-order valence-electron chi connectivity index (χ0n) is 7.45. The van der Waals surface area contributed by atoms with Gasteiger partial charge in [0.05, 0.1) is 6.26 Å². The lowest BCUT2D eigenvalue weighted by molar-refractivity contribution is 0.475. The van der Waals surface area contributed by atoms with E-state index < -0.39 is 0 Å². The molecule has 0 fully saturated rings. The van der Waals surface area contributed by atoms with Gasteiger partial charge in [-0.1, -0.05) is 26.0 Å². The molecule has 0 saturated heterocycles. The molecule has 1 heteroatoms. The van der Waals surface area contributed by atoms with Gasteiger partial charge in [0.1, 0.15) is 5.75 Å². The van der Waals surface area contributed by atoms with Crippen LogP contribution in [0.1, 0.15) is 13.8 Å². The fourth-order valence-corrected chi connectivity index (χ4v) is 0.725. The molecule has 1 radical (unpaired) electrons. The van der Waals surface area contributed by atoms with E-state index in [4.69, 9.17) is 4.74 Å². The van der Waals surface area contributed by atoms with Gasteiger partial charge in [-0.2, -0.15) is 0 Å². The molecule has 0 atom stereocenters. The largest absolute Gasteiger partial charge is 0.465 e. The standard InChI is InChI=1S/C11H13O/c1-10(2)8-9-12-11-6-4-3-5-7-11/h3-4,6-10H,1-2H3. The normalized spacial score (nSPS) is 10.9. The SMILES string of the molecule is CC(C)C=COc1c[c]ccc1. The molecule has 1 rings (SSSR count). The Hall–Kier alpha value is -1.24. The summed E-state index contributed by atoms with van der Waals surface area (Å²) >= 11 is 0. The van der Waals surface area contributed by atoms with E-state index in [9.17, 15) is 0 Å². The lowest BCUT2D eigenvalue weighted by Crippen LogP contribution is -1.84. The Morgan fingerprint density at radius 1 is 1.50 bits per heavy atom. The van der Waals surface area contributed by atoms with Crippen molar-refractivity contribution in [3.8, 4) is 5.75 Å². The summed E-state index contributed by atoms with van der Waals surface area (Å²) in [5.74, 6) is 1.35. The highest BCUT2D eigenvalue weighted by atomic mass is 16.5. The summed E-state index contributed by atoms with van der Waals surface area (Å²) in [5, 5.41) is 0. The zero-order valence-corrected chi connectivity index (χ0v) is 7.45. The number of hydrogen-bond donors (Lipinski definition) is 0. The molecule has 0 aliphatic heterocycles. The zero-order chi connectivity index (χ0) is 8.81.